The number of aliphatic hydroxyl groups excluding tert-OH is 1. The van der Waals surface area contributed by atoms with Crippen molar-refractivity contribution in [1.29, 1.82) is 0 Å². The van der Waals surface area contributed by atoms with Crippen molar-refractivity contribution in [1.82, 2.24) is 10.2 Å². The first-order valence-corrected chi connectivity index (χ1v) is 21.3. The zero-order valence-corrected chi connectivity index (χ0v) is 34.3. The number of aliphatic carboxylic acids is 1. The van der Waals surface area contributed by atoms with Crippen molar-refractivity contribution in [3.05, 3.63) is 87.8 Å². The minimum Gasteiger partial charge on any atom is -0.510 e. The molecular formula is C39H45FN2O9S4. The van der Waals surface area contributed by atoms with E-state index in [1.165, 1.54) is 41.0 Å². The van der Waals surface area contributed by atoms with Crippen molar-refractivity contribution >= 4 is 80.5 Å². The first kappa shape index (κ1) is 44.0. The summed E-state index contributed by atoms with van der Waals surface area (Å²) >= 11 is 4.86. The number of halogens is 1. The van der Waals surface area contributed by atoms with Crippen LogP contribution in [0.1, 0.15) is 69.0 Å². The predicted molar refractivity (Wildman–Crippen MR) is 216 cm³/mol. The van der Waals surface area contributed by atoms with Crippen LogP contribution in [0.15, 0.2) is 66.0 Å². The van der Waals surface area contributed by atoms with E-state index in [1.807, 2.05) is 26.0 Å². The molecule has 3 aliphatic heterocycles. The number of carbonyl (C=O) groups is 6. The lowest BCUT2D eigenvalue weighted by molar-refractivity contribution is -0.134. The van der Waals surface area contributed by atoms with Gasteiger partial charge in [0.05, 0.1) is 28.3 Å². The first-order chi connectivity index (χ1) is 26.0. The maximum atomic E-state index is 14.4. The molecule has 11 nitrogen and oxygen atoms in total. The number of benzene rings is 1. The van der Waals surface area contributed by atoms with Crippen molar-refractivity contribution in [2.24, 2.45) is 5.92 Å². The van der Waals surface area contributed by atoms with Gasteiger partial charge in [0.1, 0.15) is 11.6 Å². The molecule has 1 amide bonds. The van der Waals surface area contributed by atoms with Crippen LogP contribution < -0.4 is 10.1 Å². The normalized spacial score (nSPS) is 21.4. The fourth-order valence-electron chi connectivity index (χ4n) is 6.03. The molecule has 2 unspecified atom stereocenters. The maximum absolute atomic E-state index is 14.4. The molecule has 1 saturated carbocycles. The van der Waals surface area contributed by atoms with E-state index in [1.54, 1.807) is 31.2 Å². The van der Waals surface area contributed by atoms with Crippen LogP contribution >= 0.6 is 46.6 Å². The van der Waals surface area contributed by atoms with Gasteiger partial charge in [-0.3, -0.25) is 33.7 Å². The third-order valence-electron chi connectivity index (χ3n) is 8.92. The number of aliphatic hydroxyl groups is 1. The molecule has 16 heteroatoms. The molecule has 55 heavy (non-hydrogen) atoms. The number of carboxylic acids is 1. The highest BCUT2D eigenvalue weighted by atomic mass is 32.2. The molecule has 4 heterocycles. The van der Waals surface area contributed by atoms with Gasteiger partial charge in [-0.15, -0.1) is 23.1 Å². The Kier molecular flexibility index (Phi) is 16.0. The van der Waals surface area contributed by atoms with Crippen LogP contribution in [0.2, 0.25) is 0 Å². The average molecular weight is 833 g/mol. The third-order valence-corrected chi connectivity index (χ3v) is 13.2. The van der Waals surface area contributed by atoms with Crippen molar-refractivity contribution < 1.29 is 48.1 Å². The maximum Gasteiger partial charge on any atom is 0.313 e. The van der Waals surface area contributed by atoms with Gasteiger partial charge < -0.3 is 20.3 Å². The Bertz CT molecular complexity index is 1890. The Hall–Kier alpha value is -3.70. The zero-order chi connectivity index (χ0) is 40.4. The van der Waals surface area contributed by atoms with Gasteiger partial charge >= 0.3 is 11.9 Å². The van der Waals surface area contributed by atoms with Crippen LogP contribution in [0, 0.1) is 11.7 Å². The van der Waals surface area contributed by atoms with Crippen LogP contribution in [-0.4, -0.2) is 83.6 Å². The second-order valence-electron chi connectivity index (χ2n) is 13.5. The van der Waals surface area contributed by atoms with E-state index in [4.69, 9.17) is 9.84 Å². The number of thioether (sulfide) groups is 3. The van der Waals surface area contributed by atoms with Gasteiger partial charge in [0.15, 0.2) is 10.8 Å². The number of hydrogen-bond acceptors (Lipinski definition) is 13. The Labute approximate surface area is 336 Å². The number of hydrogen-bond donors (Lipinski definition) is 3. The van der Waals surface area contributed by atoms with E-state index >= 15 is 0 Å². The third kappa shape index (κ3) is 12.4. The first-order valence-electron chi connectivity index (χ1n) is 17.6. The predicted octanol–water partition coefficient (Wildman–Crippen LogP) is 6.83. The van der Waals surface area contributed by atoms with Crippen LogP contribution in [0.25, 0.3) is 0 Å². The molecule has 1 aliphatic carbocycles. The summed E-state index contributed by atoms with van der Waals surface area (Å²) in [6, 6.07) is 7.50. The lowest BCUT2D eigenvalue weighted by Crippen LogP contribution is -2.38. The fourth-order valence-corrected chi connectivity index (χ4v) is 9.69. The second kappa shape index (κ2) is 19.9. The fraction of sp³-hybridized carbons (Fsp3) is 0.436. The molecule has 6 rings (SSSR count). The molecule has 3 N–H and O–H groups in total. The summed E-state index contributed by atoms with van der Waals surface area (Å²) in [5.74, 6) is -0.824. The van der Waals surface area contributed by atoms with Gasteiger partial charge in [0, 0.05) is 47.7 Å². The molecule has 4 aliphatic rings. The number of fused-ring (bicyclic) bond motifs is 1. The molecule has 0 spiro atoms. The standard InChI is InChI=1S/C20H20FNO3S.C11H14O2S.C8H11NO4S2/c1-12(23)25-18-10-14-11-22(9-8-17(14)26-18)19(20(24)13-6-7-13)15-4-2-3-5-16(15)21;1-5-7(2)6-11(4)9(12)8(3)10(13)14-11;10-6(3-14-4-7(11)12)9-5-1-2-15-8(5)13/h2-5,10,13,19H,6-9,11H2,1H3;5-6,12H,1H2,2-4H3;5H,1-4H2,(H,9,10)(H,11,12)/b;7-6-;/t;11-;/m.0./s1. The van der Waals surface area contributed by atoms with Crippen LogP contribution in [0.4, 0.5) is 4.39 Å². The molecule has 3 atom stereocenters. The smallest absolute Gasteiger partial charge is 0.313 e. The number of amides is 1. The molecule has 296 valence electrons. The molecule has 1 aromatic heterocycles. The highest BCUT2D eigenvalue weighted by Gasteiger charge is 2.41. The molecule has 0 radical (unpaired) electrons. The van der Waals surface area contributed by atoms with Gasteiger partial charge in [-0.2, -0.15) is 0 Å². The van der Waals surface area contributed by atoms with Gasteiger partial charge in [0.25, 0.3) is 0 Å². The van der Waals surface area contributed by atoms with Crippen LogP contribution in [-0.2, 0) is 41.7 Å². The summed E-state index contributed by atoms with van der Waals surface area (Å²) in [5.41, 5.74) is 2.92. The quantitative estimate of drug-likeness (QED) is 0.151. The number of esters is 1. The number of nitrogens with zero attached hydrogens (tertiary/aromatic N) is 1. The van der Waals surface area contributed by atoms with Crippen molar-refractivity contribution in [2.45, 2.75) is 76.8 Å². The Morgan fingerprint density at radius 3 is 2.44 bits per heavy atom. The van der Waals surface area contributed by atoms with Crippen molar-refractivity contribution in [3.63, 3.8) is 0 Å². The van der Waals surface area contributed by atoms with Crippen LogP contribution in [0.5, 0.6) is 5.06 Å². The molecular weight excluding hydrogens is 788 g/mol. The largest absolute Gasteiger partial charge is 0.510 e. The van der Waals surface area contributed by atoms with E-state index in [-0.39, 0.29) is 62.9 Å². The zero-order valence-electron chi connectivity index (χ0n) is 31.1. The topological polar surface area (TPSA) is 167 Å². The number of allylic oxidation sites excluding steroid dienone is 2. The number of ketones is 1. The second-order valence-corrected chi connectivity index (χ2v) is 18.1. The van der Waals surface area contributed by atoms with Gasteiger partial charge in [-0.1, -0.05) is 66.0 Å². The van der Waals surface area contributed by atoms with Gasteiger partial charge in [-0.25, -0.2) is 4.39 Å². The summed E-state index contributed by atoms with van der Waals surface area (Å²) in [7, 11) is 0. The summed E-state index contributed by atoms with van der Waals surface area (Å²) in [5, 5.41) is 21.2. The van der Waals surface area contributed by atoms with E-state index < -0.39 is 16.8 Å². The van der Waals surface area contributed by atoms with E-state index in [9.17, 15) is 38.3 Å². The van der Waals surface area contributed by atoms with Gasteiger partial charge in [-0.05, 0) is 64.2 Å². The molecule has 2 fully saturated rings. The summed E-state index contributed by atoms with van der Waals surface area (Å²) in [6.07, 6.45) is 6.80. The SMILES string of the molecule is C=C/C(C)=C\[C@]1(C)SC(=O)C(C)=C1O.CC(=O)Oc1cc2c(s1)CCN(C(C(=O)C1CC1)c1ccccc1F)C2.O=C(O)CSCC(=O)NC1CCSC1=O. The summed E-state index contributed by atoms with van der Waals surface area (Å²) in [6.45, 7) is 11.6. The number of Topliss-reactive ketones (excluding diaryl/α,β-unsaturated/α-hetero) is 1. The van der Waals surface area contributed by atoms with E-state index in [0.29, 0.717) is 35.7 Å². The minimum atomic E-state index is -0.944. The number of carbonyl (C=O) groups excluding carboxylic acids is 5. The Morgan fingerprint density at radius 1 is 1.16 bits per heavy atom. The minimum absolute atomic E-state index is 0.00779. The lowest BCUT2D eigenvalue weighted by Gasteiger charge is -2.34. The Balaban J connectivity index is 0.000000199. The lowest BCUT2D eigenvalue weighted by atomic mass is 9.95. The highest BCUT2D eigenvalue weighted by Crippen LogP contribution is 2.44. The molecule has 2 aromatic rings. The number of rotatable bonds is 12. The number of nitrogens with one attached hydrogen (secondary N) is 1. The highest BCUT2D eigenvalue weighted by molar-refractivity contribution is 8.16. The molecule has 1 aromatic carbocycles. The summed E-state index contributed by atoms with van der Waals surface area (Å²) < 4.78 is 19.0. The van der Waals surface area contributed by atoms with Crippen LogP contribution in [0.3, 0.4) is 0 Å². The number of carboxylic acid groups (broad SMARTS) is 1. The van der Waals surface area contributed by atoms with Crippen molar-refractivity contribution in [3.8, 4) is 5.06 Å². The van der Waals surface area contributed by atoms with E-state index in [0.717, 1.165) is 59.7 Å². The van der Waals surface area contributed by atoms with Gasteiger partial charge in [0.2, 0.25) is 16.1 Å². The molecule has 0 bridgehead atoms. The van der Waals surface area contributed by atoms with Crippen molar-refractivity contribution in [2.75, 3.05) is 23.8 Å². The number of ether oxygens (including phenoxy) is 1. The average Bonchev–Trinajstić information content (AvgIpc) is 3.75. The monoisotopic (exact) mass is 832 g/mol. The summed E-state index contributed by atoms with van der Waals surface area (Å²) in [4.78, 5) is 71.3. The van der Waals surface area contributed by atoms with E-state index in [2.05, 4.69) is 16.8 Å². The molecule has 1 saturated heterocycles. The number of thiophene rings is 1. The Morgan fingerprint density at radius 2 is 1.87 bits per heavy atom.